The fraction of sp³-hybridized carbons (Fsp3) is 0.192. The average Bonchev–Trinajstić information content (AvgIpc) is 3.31. The number of thiazole rings is 1. The zero-order chi connectivity index (χ0) is 24.6. The highest BCUT2D eigenvalue weighted by Gasteiger charge is 2.27. The number of carbonyl (C=O) groups is 2. The Morgan fingerprint density at radius 2 is 1.77 bits per heavy atom. The summed E-state index contributed by atoms with van der Waals surface area (Å²) in [4.78, 5) is 30.9. The summed E-state index contributed by atoms with van der Waals surface area (Å²) in [5.41, 5.74) is 2.80. The number of thiol groups is 1. The van der Waals surface area contributed by atoms with Gasteiger partial charge in [0, 0.05) is 27.6 Å². The fourth-order valence-corrected chi connectivity index (χ4v) is 7.11. The number of aromatic nitrogens is 1. The van der Waals surface area contributed by atoms with Gasteiger partial charge in [-0.2, -0.15) is 0 Å². The van der Waals surface area contributed by atoms with Crippen molar-refractivity contribution >= 4 is 56.8 Å². The first kappa shape index (κ1) is 23.7. The van der Waals surface area contributed by atoms with E-state index in [-0.39, 0.29) is 23.5 Å². The number of carbonyl (C=O) groups excluding carboxylic acids is 2. The molecule has 5 rings (SSSR count). The molecular formula is C26H22N2O4S3. The number of hydrogen-bond acceptors (Lipinski definition) is 7. The van der Waals surface area contributed by atoms with Crippen LogP contribution in [0.4, 0.5) is 0 Å². The summed E-state index contributed by atoms with van der Waals surface area (Å²) < 4.78 is 23.5. The van der Waals surface area contributed by atoms with Gasteiger partial charge in [-0.25, -0.2) is 13.4 Å². The van der Waals surface area contributed by atoms with Crippen molar-refractivity contribution in [2.75, 3.05) is 11.5 Å². The number of sulfone groups is 1. The number of fused-ring (bicyclic) bond motifs is 1. The molecule has 35 heavy (non-hydrogen) atoms. The van der Waals surface area contributed by atoms with E-state index >= 15 is 0 Å². The molecule has 0 aliphatic carbocycles. The van der Waals surface area contributed by atoms with Crippen LogP contribution in [0.15, 0.2) is 65.6 Å². The SMILES string of the molecule is O=Cc1cccc(-c2nc(C(=O)NC3CCS(=O)(=O)CC3)sc2-c2ccc(S)c3ccccc23)c1. The van der Waals surface area contributed by atoms with E-state index < -0.39 is 9.84 Å². The number of benzene rings is 3. The highest BCUT2D eigenvalue weighted by Crippen LogP contribution is 2.41. The second-order valence-corrected chi connectivity index (χ2v) is 12.3. The van der Waals surface area contributed by atoms with Crippen LogP contribution in [0.25, 0.3) is 32.5 Å². The topological polar surface area (TPSA) is 93.2 Å². The molecule has 0 radical (unpaired) electrons. The molecule has 178 valence electrons. The molecule has 9 heteroatoms. The van der Waals surface area contributed by atoms with Crippen LogP contribution in [-0.2, 0) is 9.84 Å². The Kier molecular flexibility index (Phi) is 6.48. The van der Waals surface area contributed by atoms with Crippen molar-refractivity contribution in [1.29, 1.82) is 0 Å². The van der Waals surface area contributed by atoms with Gasteiger partial charge in [0.1, 0.15) is 16.1 Å². The molecule has 2 heterocycles. The van der Waals surface area contributed by atoms with Crippen molar-refractivity contribution in [2.24, 2.45) is 0 Å². The Balaban J connectivity index is 1.59. The zero-order valence-electron chi connectivity index (χ0n) is 18.6. The van der Waals surface area contributed by atoms with Gasteiger partial charge < -0.3 is 5.32 Å². The summed E-state index contributed by atoms with van der Waals surface area (Å²) in [6.45, 7) is 0. The maximum absolute atomic E-state index is 13.2. The summed E-state index contributed by atoms with van der Waals surface area (Å²) in [6, 6.07) is 18.8. The predicted molar refractivity (Wildman–Crippen MR) is 142 cm³/mol. The highest BCUT2D eigenvalue weighted by molar-refractivity contribution is 7.91. The van der Waals surface area contributed by atoms with Gasteiger partial charge in [0.2, 0.25) is 0 Å². The summed E-state index contributed by atoms with van der Waals surface area (Å²) in [6.07, 6.45) is 1.58. The van der Waals surface area contributed by atoms with Crippen molar-refractivity contribution < 1.29 is 18.0 Å². The van der Waals surface area contributed by atoms with Gasteiger partial charge in [-0.15, -0.1) is 24.0 Å². The van der Waals surface area contributed by atoms with E-state index in [0.29, 0.717) is 29.1 Å². The molecule has 4 aromatic rings. The van der Waals surface area contributed by atoms with Gasteiger partial charge in [-0.3, -0.25) is 9.59 Å². The van der Waals surface area contributed by atoms with Crippen LogP contribution in [0.5, 0.6) is 0 Å². The van der Waals surface area contributed by atoms with Crippen molar-refractivity contribution in [2.45, 2.75) is 23.8 Å². The quantitative estimate of drug-likeness (QED) is 0.283. The minimum Gasteiger partial charge on any atom is -0.347 e. The normalized spacial score (nSPS) is 15.7. The van der Waals surface area contributed by atoms with Gasteiger partial charge in [0.05, 0.1) is 22.1 Å². The van der Waals surface area contributed by atoms with E-state index in [1.165, 1.54) is 11.3 Å². The van der Waals surface area contributed by atoms with Crippen LogP contribution in [0, 0.1) is 0 Å². The first-order chi connectivity index (χ1) is 16.8. The second kappa shape index (κ2) is 9.56. The smallest absolute Gasteiger partial charge is 0.280 e. The molecule has 0 saturated carbocycles. The van der Waals surface area contributed by atoms with Crippen molar-refractivity contribution in [3.63, 3.8) is 0 Å². The largest absolute Gasteiger partial charge is 0.347 e. The lowest BCUT2D eigenvalue weighted by Crippen LogP contribution is -2.40. The molecule has 1 N–H and O–H groups in total. The predicted octanol–water partition coefficient (Wildman–Crippen LogP) is 5.04. The summed E-state index contributed by atoms with van der Waals surface area (Å²) >= 11 is 5.88. The minimum absolute atomic E-state index is 0.0763. The van der Waals surface area contributed by atoms with Gasteiger partial charge >= 0.3 is 0 Å². The van der Waals surface area contributed by atoms with Crippen LogP contribution < -0.4 is 5.32 Å². The fourth-order valence-electron chi connectivity index (χ4n) is 4.32. The molecule has 0 spiro atoms. The number of nitrogens with zero attached hydrogens (tertiary/aromatic N) is 1. The lowest BCUT2D eigenvalue weighted by Gasteiger charge is -2.22. The Bertz CT molecular complexity index is 1550. The molecule has 1 aliphatic heterocycles. The third-order valence-electron chi connectivity index (χ3n) is 6.15. The van der Waals surface area contributed by atoms with Gasteiger partial charge in [0.15, 0.2) is 5.01 Å². The summed E-state index contributed by atoms with van der Waals surface area (Å²) in [5.74, 6) is -0.173. The number of hydrogen-bond donors (Lipinski definition) is 2. The first-order valence-electron chi connectivity index (χ1n) is 11.1. The molecule has 0 atom stereocenters. The Morgan fingerprint density at radius 3 is 2.51 bits per heavy atom. The Morgan fingerprint density at radius 1 is 1.03 bits per heavy atom. The highest BCUT2D eigenvalue weighted by atomic mass is 32.2. The zero-order valence-corrected chi connectivity index (χ0v) is 21.1. The monoisotopic (exact) mass is 522 g/mol. The van der Waals surface area contributed by atoms with Crippen LogP contribution in [-0.4, -0.2) is 43.1 Å². The number of rotatable bonds is 5. The van der Waals surface area contributed by atoms with Crippen LogP contribution in [0.1, 0.15) is 33.0 Å². The van der Waals surface area contributed by atoms with E-state index in [1.54, 1.807) is 18.2 Å². The van der Waals surface area contributed by atoms with Crippen molar-refractivity contribution in [3.8, 4) is 21.7 Å². The molecule has 1 fully saturated rings. The molecule has 1 saturated heterocycles. The molecule has 1 aliphatic rings. The van der Waals surface area contributed by atoms with Crippen LogP contribution in [0.2, 0.25) is 0 Å². The van der Waals surface area contributed by atoms with E-state index in [1.807, 2.05) is 42.5 Å². The molecular weight excluding hydrogens is 500 g/mol. The van der Waals surface area contributed by atoms with E-state index in [0.717, 1.165) is 38.0 Å². The molecule has 0 bridgehead atoms. The lowest BCUT2D eigenvalue weighted by molar-refractivity contribution is 0.0933. The first-order valence-corrected chi connectivity index (χ1v) is 14.2. The van der Waals surface area contributed by atoms with Crippen molar-refractivity contribution in [1.82, 2.24) is 10.3 Å². The summed E-state index contributed by atoms with van der Waals surface area (Å²) in [7, 11) is -3.02. The van der Waals surface area contributed by atoms with E-state index in [9.17, 15) is 18.0 Å². The maximum atomic E-state index is 13.2. The number of nitrogens with one attached hydrogen (secondary N) is 1. The number of aldehydes is 1. The van der Waals surface area contributed by atoms with Gasteiger partial charge in [0.25, 0.3) is 5.91 Å². The third kappa shape index (κ3) is 4.89. The van der Waals surface area contributed by atoms with E-state index in [2.05, 4.69) is 17.9 Å². The lowest BCUT2D eigenvalue weighted by atomic mass is 10.00. The Labute approximate surface area is 212 Å². The van der Waals surface area contributed by atoms with Gasteiger partial charge in [-0.1, -0.05) is 48.5 Å². The van der Waals surface area contributed by atoms with E-state index in [4.69, 9.17) is 4.98 Å². The molecule has 3 aromatic carbocycles. The maximum Gasteiger partial charge on any atom is 0.280 e. The average molecular weight is 523 g/mol. The standard InChI is InChI=1S/C26H22N2O4S3/c29-15-16-4-3-5-17(14-16)23-24(21-8-9-22(33)20-7-2-1-6-19(20)21)34-26(28-23)25(30)27-18-10-12-35(31,32)13-11-18/h1-9,14-15,18,33H,10-13H2,(H,27,30). The minimum atomic E-state index is -3.02. The number of amides is 1. The molecule has 6 nitrogen and oxygen atoms in total. The molecule has 1 aromatic heterocycles. The Hall–Kier alpha value is -3.01. The molecule has 0 unspecified atom stereocenters. The summed E-state index contributed by atoms with van der Waals surface area (Å²) in [5, 5.41) is 5.23. The van der Waals surface area contributed by atoms with Crippen molar-refractivity contribution in [3.05, 3.63) is 71.2 Å². The van der Waals surface area contributed by atoms with Gasteiger partial charge in [-0.05, 0) is 35.7 Å². The van der Waals surface area contributed by atoms with Crippen LogP contribution >= 0.6 is 24.0 Å². The third-order valence-corrected chi connectivity index (χ3v) is 9.35. The van der Waals surface area contributed by atoms with Crippen LogP contribution in [0.3, 0.4) is 0 Å². The second-order valence-electron chi connectivity index (χ2n) is 8.52. The molecule has 1 amide bonds.